The molecule has 0 bridgehead atoms. The number of nitrogens with zero attached hydrogens (tertiary/aromatic N) is 1. The minimum Gasteiger partial charge on any atom is -0.496 e. The number of hydrogen-bond donors (Lipinski definition) is 2. The zero-order chi connectivity index (χ0) is 19.3. The SMILES string of the molecule is COc1cccc2[nH]c(C(=O)N3C[C@@H]4CNC[C@@H]4[C@@H]3c3cccc(F)c3)cc12.Cl. The summed E-state index contributed by atoms with van der Waals surface area (Å²) >= 11 is 0. The van der Waals surface area contributed by atoms with Crippen LogP contribution in [0.2, 0.25) is 0 Å². The fourth-order valence-corrected chi connectivity index (χ4v) is 4.82. The van der Waals surface area contributed by atoms with E-state index in [1.807, 2.05) is 35.2 Å². The first-order chi connectivity index (χ1) is 13.7. The van der Waals surface area contributed by atoms with E-state index in [0.29, 0.717) is 24.1 Å². The lowest BCUT2D eigenvalue weighted by Gasteiger charge is -2.28. The third-order valence-corrected chi connectivity index (χ3v) is 6.09. The second-order valence-corrected chi connectivity index (χ2v) is 7.64. The zero-order valence-corrected chi connectivity index (χ0v) is 16.8. The van der Waals surface area contributed by atoms with Crippen LogP contribution in [0.3, 0.4) is 0 Å². The second-order valence-electron chi connectivity index (χ2n) is 7.64. The number of aromatic nitrogens is 1. The molecule has 0 saturated carbocycles. The van der Waals surface area contributed by atoms with E-state index in [2.05, 4.69) is 10.3 Å². The van der Waals surface area contributed by atoms with Crippen LogP contribution in [-0.4, -0.2) is 42.5 Å². The molecule has 29 heavy (non-hydrogen) atoms. The lowest BCUT2D eigenvalue weighted by Crippen LogP contribution is -2.34. The molecule has 2 fully saturated rings. The maximum atomic E-state index is 13.9. The fourth-order valence-electron chi connectivity index (χ4n) is 4.82. The van der Waals surface area contributed by atoms with Crippen LogP contribution in [0.4, 0.5) is 4.39 Å². The molecule has 3 atom stereocenters. The van der Waals surface area contributed by atoms with E-state index in [0.717, 1.165) is 35.3 Å². The highest BCUT2D eigenvalue weighted by Crippen LogP contribution is 2.43. The summed E-state index contributed by atoms with van der Waals surface area (Å²) in [4.78, 5) is 18.6. The molecule has 2 aliphatic rings. The first-order valence-corrected chi connectivity index (χ1v) is 9.58. The number of carbonyl (C=O) groups excluding carboxylic acids is 1. The van der Waals surface area contributed by atoms with E-state index in [9.17, 15) is 9.18 Å². The minimum atomic E-state index is -0.269. The highest BCUT2D eigenvalue weighted by molar-refractivity contribution is 6.00. The molecule has 1 aromatic heterocycles. The molecule has 2 aromatic carbocycles. The molecule has 1 amide bonds. The van der Waals surface area contributed by atoms with Crippen LogP contribution in [0.15, 0.2) is 48.5 Å². The average Bonchev–Trinajstić information content (AvgIpc) is 3.40. The molecular weight excluding hydrogens is 393 g/mol. The normalized spacial score (nSPS) is 23.1. The van der Waals surface area contributed by atoms with Crippen LogP contribution in [0.1, 0.15) is 22.1 Å². The number of fused-ring (bicyclic) bond motifs is 2. The van der Waals surface area contributed by atoms with Gasteiger partial charge >= 0.3 is 0 Å². The third kappa shape index (κ3) is 3.26. The summed E-state index contributed by atoms with van der Waals surface area (Å²) in [5, 5.41) is 4.30. The number of ether oxygens (including phenoxy) is 1. The van der Waals surface area contributed by atoms with Crippen LogP contribution in [0.25, 0.3) is 10.9 Å². The number of likely N-dealkylation sites (tertiary alicyclic amines) is 1. The molecule has 2 N–H and O–H groups in total. The van der Waals surface area contributed by atoms with Crippen molar-refractivity contribution in [2.45, 2.75) is 6.04 Å². The Labute approximate surface area is 174 Å². The van der Waals surface area contributed by atoms with Crippen LogP contribution in [0.5, 0.6) is 5.75 Å². The summed E-state index contributed by atoms with van der Waals surface area (Å²) in [6, 6.07) is 14.1. The molecule has 0 radical (unpaired) electrons. The second kappa shape index (κ2) is 7.69. The quantitative estimate of drug-likeness (QED) is 0.684. The summed E-state index contributed by atoms with van der Waals surface area (Å²) in [7, 11) is 1.62. The van der Waals surface area contributed by atoms with Crippen molar-refractivity contribution in [3.05, 3.63) is 65.6 Å². The highest BCUT2D eigenvalue weighted by atomic mass is 35.5. The molecule has 5 nitrogen and oxygen atoms in total. The van der Waals surface area contributed by atoms with Crippen molar-refractivity contribution in [1.82, 2.24) is 15.2 Å². The Morgan fingerprint density at radius 2 is 2.00 bits per heavy atom. The Bertz CT molecular complexity index is 1050. The topological polar surface area (TPSA) is 57.4 Å². The number of nitrogens with one attached hydrogen (secondary N) is 2. The summed E-state index contributed by atoms with van der Waals surface area (Å²) in [5.74, 6) is 1.09. The number of benzene rings is 2. The van der Waals surface area contributed by atoms with Gasteiger partial charge in [0.25, 0.3) is 5.91 Å². The summed E-state index contributed by atoms with van der Waals surface area (Å²) in [5.41, 5.74) is 2.26. The van der Waals surface area contributed by atoms with Crippen molar-refractivity contribution in [1.29, 1.82) is 0 Å². The van der Waals surface area contributed by atoms with Gasteiger partial charge < -0.3 is 19.9 Å². The maximum Gasteiger partial charge on any atom is 0.270 e. The average molecular weight is 416 g/mol. The Kier molecular flexibility index (Phi) is 5.23. The van der Waals surface area contributed by atoms with Gasteiger partial charge in [-0.1, -0.05) is 18.2 Å². The molecule has 0 unspecified atom stereocenters. The molecular formula is C22H23ClFN3O2. The number of carbonyl (C=O) groups is 1. The molecule has 0 aliphatic carbocycles. The number of hydrogen-bond acceptors (Lipinski definition) is 3. The lowest BCUT2D eigenvalue weighted by atomic mass is 9.89. The van der Waals surface area contributed by atoms with Gasteiger partial charge in [-0.25, -0.2) is 4.39 Å². The van der Waals surface area contributed by atoms with E-state index in [1.165, 1.54) is 6.07 Å². The number of methoxy groups -OCH3 is 1. The number of H-pyrrole nitrogens is 1. The van der Waals surface area contributed by atoms with Crippen LogP contribution in [-0.2, 0) is 0 Å². The monoisotopic (exact) mass is 415 g/mol. The first-order valence-electron chi connectivity index (χ1n) is 9.58. The van der Waals surface area contributed by atoms with E-state index in [4.69, 9.17) is 4.74 Å². The highest BCUT2D eigenvalue weighted by Gasteiger charge is 2.47. The van der Waals surface area contributed by atoms with Gasteiger partial charge in [0.05, 0.1) is 13.2 Å². The Morgan fingerprint density at radius 3 is 2.79 bits per heavy atom. The largest absolute Gasteiger partial charge is 0.496 e. The van der Waals surface area contributed by atoms with E-state index < -0.39 is 0 Å². The van der Waals surface area contributed by atoms with Gasteiger partial charge in [-0.05, 0) is 41.8 Å². The lowest BCUT2D eigenvalue weighted by molar-refractivity contribution is 0.0708. The molecule has 3 heterocycles. The minimum absolute atomic E-state index is 0. The van der Waals surface area contributed by atoms with Gasteiger partial charge in [-0.2, -0.15) is 0 Å². The predicted molar refractivity (Wildman–Crippen MR) is 112 cm³/mol. The van der Waals surface area contributed by atoms with Crippen molar-refractivity contribution < 1.29 is 13.9 Å². The number of halogens is 2. The van der Waals surface area contributed by atoms with E-state index in [1.54, 1.807) is 19.2 Å². The van der Waals surface area contributed by atoms with Crippen molar-refractivity contribution in [3.63, 3.8) is 0 Å². The standard InChI is InChI=1S/C22H22FN3O2.ClH/c1-28-20-7-3-6-18-16(20)9-19(25-18)22(27)26-12-14-10-24-11-17(14)21(26)13-4-2-5-15(23)8-13;/h2-9,14,17,21,24-25H,10-12H2,1H3;1H/t14-,17-,21-;/m0./s1. The predicted octanol–water partition coefficient (Wildman–Crippen LogP) is 3.77. The summed E-state index contributed by atoms with van der Waals surface area (Å²) in [6.07, 6.45) is 0. The Morgan fingerprint density at radius 1 is 1.17 bits per heavy atom. The number of aromatic amines is 1. The molecule has 2 saturated heterocycles. The van der Waals surface area contributed by atoms with Gasteiger partial charge in [0, 0.05) is 36.5 Å². The number of amides is 1. The molecule has 3 aromatic rings. The summed E-state index contributed by atoms with van der Waals surface area (Å²) in [6.45, 7) is 2.40. The molecule has 152 valence electrons. The Balaban J connectivity index is 0.00000205. The van der Waals surface area contributed by atoms with Crippen LogP contribution in [0, 0.1) is 17.7 Å². The van der Waals surface area contributed by atoms with Crippen LogP contribution < -0.4 is 10.1 Å². The van der Waals surface area contributed by atoms with Gasteiger partial charge in [-0.3, -0.25) is 4.79 Å². The van der Waals surface area contributed by atoms with Crippen molar-refractivity contribution in [2.24, 2.45) is 11.8 Å². The van der Waals surface area contributed by atoms with E-state index >= 15 is 0 Å². The molecule has 5 rings (SSSR count). The molecule has 2 aliphatic heterocycles. The number of rotatable bonds is 3. The third-order valence-electron chi connectivity index (χ3n) is 6.09. The molecule has 7 heteroatoms. The van der Waals surface area contributed by atoms with Crippen molar-refractivity contribution in [3.8, 4) is 5.75 Å². The molecule has 0 spiro atoms. The fraction of sp³-hybridized carbons (Fsp3) is 0.318. The zero-order valence-electron chi connectivity index (χ0n) is 16.0. The summed E-state index contributed by atoms with van der Waals surface area (Å²) < 4.78 is 19.3. The van der Waals surface area contributed by atoms with Gasteiger partial charge in [-0.15, -0.1) is 12.4 Å². The van der Waals surface area contributed by atoms with Gasteiger partial charge in [0.2, 0.25) is 0 Å². The van der Waals surface area contributed by atoms with Crippen LogP contribution >= 0.6 is 12.4 Å². The Hall–Kier alpha value is -2.57. The van der Waals surface area contributed by atoms with E-state index in [-0.39, 0.29) is 30.2 Å². The smallest absolute Gasteiger partial charge is 0.270 e. The van der Waals surface area contributed by atoms with Gasteiger partial charge in [0.1, 0.15) is 17.3 Å². The van der Waals surface area contributed by atoms with Crippen molar-refractivity contribution in [2.75, 3.05) is 26.7 Å². The van der Waals surface area contributed by atoms with Gasteiger partial charge in [0.15, 0.2) is 0 Å². The van der Waals surface area contributed by atoms with Crippen molar-refractivity contribution >= 4 is 29.2 Å². The first kappa shape index (κ1) is 19.7. The maximum absolute atomic E-state index is 13.9.